The van der Waals surface area contributed by atoms with Crippen LogP contribution in [0.1, 0.15) is 10.4 Å². The van der Waals surface area contributed by atoms with Crippen molar-refractivity contribution in [1.82, 2.24) is 4.98 Å². The molecule has 1 saturated heterocycles. The van der Waals surface area contributed by atoms with E-state index >= 15 is 0 Å². The number of hydrogen-bond donors (Lipinski definition) is 1. The standard InChI is InChI=1S/C21H18ClFN4O5/c1-31-21(28)15-10-13(26-4-6-32-7-5-26)11-18(20(15)27(29)30)25-17-2-3-24-19-14(17)8-12(23)9-16(19)22/h2-3,8-11H,4-7H2,1H3,(H,24,25). The molecule has 0 unspecified atom stereocenters. The van der Waals surface area contributed by atoms with Crippen LogP contribution in [0.5, 0.6) is 0 Å². The number of carbonyl (C=O) groups excluding carboxylic acids is 1. The highest BCUT2D eigenvalue weighted by atomic mass is 35.5. The van der Waals surface area contributed by atoms with Crippen LogP contribution in [0.4, 0.5) is 27.1 Å². The first kappa shape index (κ1) is 21.7. The summed E-state index contributed by atoms with van der Waals surface area (Å²) in [6.45, 7) is 2.08. The normalized spacial score (nSPS) is 13.8. The molecular formula is C21H18ClFN4O5. The van der Waals surface area contributed by atoms with Crippen LogP contribution >= 0.6 is 11.6 Å². The Hall–Kier alpha value is -3.50. The molecule has 0 aliphatic carbocycles. The molecule has 2 aromatic carbocycles. The van der Waals surface area contributed by atoms with Crippen molar-refractivity contribution in [2.24, 2.45) is 0 Å². The van der Waals surface area contributed by atoms with E-state index in [1.165, 1.54) is 18.3 Å². The van der Waals surface area contributed by atoms with E-state index in [1.807, 2.05) is 4.90 Å². The molecule has 0 radical (unpaired) electrons. The molecule has 0 amide bonds. The quantitative estimate of drug-likeness (QED) is 0.341. The molecule has 3 aromatic rings. The van der Waals surface area contributed by atoms with Crippen molar-refractivity contribution in [3.05, 3.63) is 63.0 Å². The van der Waals surface area contributed by atoms with Gasteiger partial charge >= 0.3 is 11.7 Å². The second-order valence-corrected chi connectivity index (χ2v) is 7.41. The van der Waals surface area contributed by atoms with E-state index in [0.717, 1.165) is 13.2 Å². The maximum absolute atomic E-state index is 14.0. The topological polar surface area (TPSA) is 107 Å². The number of halogens is 2. The second kappa shape index (κ2) is 8.93. The molecule has 0 atom stereocenters. The van der Waals surface area contributed by atoms with Crippen molar-refractivity contribution in [3.8, 4) is 0 Å². The number of hydrogen-bond acceptors (Lipinski definition) is 8. The zero-order valence-corrected chi connectivity index (χ0v) is 17.7. The fourth-order valence-corrected chi connectivity index (χ4v) is 3.87. The molecule has 0 spiro atoms. The largest absolute Gasteiger partial charge is 0.465 e. The summed E-state index contributed by atoms with van der Waals surface area (Å²) >= 11 is 6.11. The van der Waals surface area contributed by atoms with Gasteiger partial charge in [-0.05, 0) is 30.3 Å². The maximum atomic E-state index is 14.0. The van der Waals surface area contributed by atoms with Gasteiger partial charge in [-0.1, -0.05) is 11.6 Å². The van der Waals surface area contributed by atoms with E-state index in [1.54, 1.807) is 12.1 Å². The highest BCUT2D eigenvalue weighted by Gasteiger charge is 2.29. The molecule has 1 fully saturated rings. The Morgan fingerprint density at radius 1 is 1.28 bits per heavy atom. The van der Waals surface area contributed by atoms with Gasteiger partial charge in [0.1, 0.15) is 17.1 Å². The van der Waals surface area contributed by atoms with Crippen LogP contribution in [-0.4, -0.2) is 49.3 Å². The highest BCUT2D eigenvalue weighted by molar-refractivity contribution is 6.35. The molecule has 11 heteroatoms. The van der Waals surface area contributed by atoms with E-state index in [-0.39, 0.29) is 16.3 Å². The molecule has 32 heavy (non-hydrogen) atoms. The molecule has 1 N–H and O–H groups in total. The molecule has 4 rings (SSSR count). The molecular weight excluding hydrogens is 443 g/mol. The number of ether oxygens (including phenoxy) is 2. The Kier molecular flexibility index (Phi) is 6.06. The van der Waals surface area contributed by atoms with Gasteiger partial charge in [-0.3, -0.25) is 15.1 Å². The van der Waals surface area contributed by atoms with Gasteiger partial charge in [-0.2, -0.15) is 0 Å². The molecule has 1 aromatic heterocycles. The van der Waals surface area contributed by atoms with E-state index < -0.39 is 22.4 Å². The zero-order chi connectivity index (χ0) is 22.8. The third-order valence-electron chi connectivity index (χ3n) is 5.09. The van der Waals surface area contributed by atoms with E-state index in [4.69, 9.17) is 21.1 Å². The average molecular weight is 461 g/mol. The number of pyridine rings is 1. The molecule has 9 nitrogen and oxygen atoms in total. The van der Waals surface area contributed by atoms with Crippen LogP contribution in [0.3, 0.4) is 0 Å². The smallest absolute Gasteiger partial charge is 0.345 e. The van der Waals surface area contributed by atoms with Crippen LogP contribution in [0.15, 0.2) is 36.5 Å². The van der Waals surface area contributed by atoms with Crippen molar-refractivity contribution < 1.29 is 23.6 Å². The van der Waals surface area contributed by atoms with E-state index in [0.29, 0.717) is 48.6 Å². The third-order valence-corrected chi connectivity index (χ3v) is 5.38. The van der Waals surface area contributed by atoms with E-state index in [2.05, 4.69) is 10.3 Å². The number of morpholine rings is 1. The second-order valence-electron chi connectivity index (χ2n) is 7.00. The van der Waals surface area contributed by atoms with Crippen LogP contribution < -0.4 is 10.2 Å². The first-order valence-corrected chi connectivity index (χ1v) is 10.0. The minimum absolute atomic E-state index is 0.0484. The van der Waals surface area contributed by atoms with Crippen LogP contribution in [0, 0.1) is 15.9 Å². The van der Waals surface area contributed by atoms with Crippen LogP contribution in [0.25, 0.3) is 10.9 Å². The predicted octanol–water partition coefficient (Wildman–Crippen LogP) is 4.30. The van der Waals surface area contributed by atoms with Gasteiger partial charge in [0, 0.05) is 36.0 Å². The Morgan fingerprint density at radius 2 is 2.03 bits per heavy atom. The van der Waals surface area contributed by atoms with Gasteiger partial charge in [0.15, 0.2) is 0 Å². The Balaban J connectivity index is 1.90. The van der Waals surface area contributed by atoms with Gasteiger partial charge in [-0.25, -0.2) is 9.18 Å². The van der Waals surface area contributed by atoms with Gasteiger partial charge in [0.05, 0.1) is 35.8 Å². The van der Waals surface area contributed by atoms with Crippen LogP contribution in [0.2, 0.25) is 5.02 Å². The minimum atomic E-state index is -0.844. The average Bonchev–Trinajstić information content (AvgIpc) is 2.79. The molecule has 166 valence electrons. The van der Waals surface area contributed by atoms with Crippen molar-refractivity contribution >= 4 is 51.2 Å². The third kappa shape index (κ3) is 4.14. The number of rotatable bonds is 5. The first-order chi connectivity index (χ1) is 15.4. The first-order valence-electron chi connectivity index (χ1n) is 9.63. The summed E-state index contributed by atoms with van der Waals surface area (Å²) in [5, 5.41) is 15.4. The van der Waals surface area contributed by atoms with Crippen molar-refractivity contribution in [1.29, 1.82) is 0 Å². The zero-order valence-electron chi connectivity index (χ0n) is 16.9. The summed E-state index contributed by atoms with van der Waals surface area (Å²) in [6, 6.07) is 6.92. The molecule has 0 bridgehead atoms. The maximum Gasteiger partial charge on any atom is 0.345 e. The number of nitro benzene ring substituents is 1. The van der Waals surface area contributed by atoms with Gasteiger partial charge < -0.3 is 19.7 Å². The van der Waals surface area contributed by atoms with Crippen molar-refractivity contribution in [3.63, 3.8) is 0 Å². The lowest BCUT2D eigenvalue weighted by atomic mass is 10.1. The number of fused-ring (bicyclic) bond motifs is 1. The molecule has 1 aliphatic heterocycles. The number of benzene rings is 2. The lowest BCUT2D eigenvalue weighted by Gasteiger charge is -2.29. The minimum Gasteiger partial charge on any atom is -0.465 e. The van der Waals surface area contributed by atoms with Crippen LogP contribution in [-0.2, 0) is 9.47 Å². The van der Waals surface area contributed by atoms with Gasteiger partial charge in [0.2, 0.25) is 0 Å². The summed E-state index contributed by atoms with van der Waals surface area (Å²) in [5.41, 5.74) is 0.650. The highest BCUT2D eigenvalue weighted by Crippen LogP contribution is 2.38. The monoisotopic (exact) mass is 460 g/mol. The SMILES string of the molecule is COC(=O)c1cc(N2CCOCC2)cc(Nc2ccnc3c(Cl)cc(F)cc23)c1[N+](=O)[O-]. The Bertz CT molecular complexity index is 1220. The number of nitrogens with one attached hydrogen (secondary N) is 1. The Labute approximate surface area is 186 Å². The number of esters is 1. The number of nitrogens with zero attached hydrogens (tertiary/aromatic N) is 3. The number of aromatic nitrogens is 1. The summed E-state index contributed by atoms with van der Waals surface area (Å²) < 4.78 is 24.2. The number of anilines is 3. The Morgan fingerprint density at radius 3 is 2.72 bits per heavy atom. The fourth-order valence-electron chi connectivity index (χ4n) is 3.61. The number of methoxy groups -OCH3 is 1. The summed E-state index contributed by atoms with van der Waals surface area (Å²) in [4.78, 5) is 29.8. The molecule has 2 heterocycles. The molecule has 0 saturated carbocycles. The number of nitro groups is 1. The summed E-state index contributed by atoms with van der Waals surface area (Å²) in [5.74, 6) is -1.42. The predicted molar refractivity (Wildman–Crippen MR) is 117 cm³/mol. The summed E-state index contributed by atoms with van der Waals surface area (Å²) in [7, 11) is 1.15. The fraction of sp³-hybridized carbons (Fsp3) is 0.238. The summed E-state index contributed by atoms with van der Waals surface area (Å²) in [6.07, 6.45) is 1.45. The van der Waals surface area contributed by atoms with Crippen molar-refractivity contribution in [2.75, 3.05) is 43.6 Å². The van der Waals surface area contributed by atoms with E-state index in [9.17, 15) is 19.3 Å². The van der Waals surface area contributed by atoms with Gasteiger partial charge in [0.25, 0.3) is 0 Å². The lowest BCUT2D eigenvalue weighted by Crippen LogP contribution is -2.36. The lowest BCUT2D eigenvalue weighted by molar-refractivity contribution is -0.384. The van der Waals surface area contributed by atoms with Gasteiger partial charge in [-0.15, -0.1) is 0 Å². The van der Waals surface area contributed by atoms with Crippen molar-refractivity contribution in [2.45, 2.75) is 0 Å². The number of carbonyl (C=O) groups is 1. The molecule has 1 aliphatic rings.